The lowest BCUT2D eigenvalue weighted by Gasteiger charge is -2.12. The highest BCUT2D eigenvalue weighted by Gasteiger charge is 2.22. The summed E-state index contributed by atoms with van der Waals surface area (Å²) in [4.78, 5) is 22.6. The molecule has 1 amide bonds. The summed E-state index contributed by atoms with van der Waals surface area (Å²) in [5.41, 5.74) is 3.08. The Kier molecular flexibility index (Phi) is 7.44. The molecule has 0 heterocycles. The normalized spacial score (nSPS) is 11.4. The van der Waals surface area contributed by atoms with Crippen LogP contribution in [-0.4, -0.2) is 32.1 Å². The van der Waals surface area contributed by atoms with Crippen LogP contribution in [0.2, 0.25) is 0 Å². The lowest BCUT2D eigenvalue weighted by molar-refractivity contribution is -0.385. The van der Waals surface area contributed by atoms with Gasteiger partial charge >= 0.3 is 10.1 Å². The van der Waals surface area contributed by atoms with Crippen molar-refractivity contribution in [2.24, 2.45) is 5.10 Å². The molecule has 0 radical (unpaired) electrons. The van der Waals surface area contributed by atoms with Gasteiger partial charge < -0.3 is 8.92 Å². The maximum Gasteiger partial charge on any atom is 0.339 e. The van der Waals surface area contributed by atoms with Crippen molar-refractivity contribution in [3.63, 3.8) is 0 Å². The van der Waals surface area contributed by atoms with Gasteiger partial charge in [0, 0.05) is 17.7 Å². The average molecular weight is 520 g/mol. The van der Waals surface area contributed by atoms with E-state index < -0.39 is 15.0 Å². The third kappa shape index (κ3) is 5.90. The number of nitrogens with zero attached hydrogens (tertiary/aromatic N) is 2. The number of hydrogen-bond acceptors (Lipinski definition) is 8. The summed E-state index contributed by atoms with van der Waals surface area (Å²) in [7, 11) is -4.37. The zero-order valence-electron chi connectivity index (χ0n) is 19.5. The Hall–Kier alpha value is -4.77. The molecule has 11 heteroatoms. The van der Waals surface area contributed by atoms with E-state index in [0.717, 1.165) is 16.8 Å². The van der Waals surface area contributed by atoms with Crippen molar-refractivity contribution >= 4 is 38.7 Å². The molecule has 0 aliphatic heterocycles. The first-order chi connectivity index (χ1) is 17.8. The lowest BCUT2D eigenvalue weighted by Crippen LogP contribution is -2.18. The summed E-state index contributed by atoms with van der Waals surface area (Å²) >= 11 is 0. The molecule has 0 saturated heterocycles. The first kappa shape index (κ1) is 25.3. The summed E-state index contributed by atoms with van der Waals surface area (Å²) in [6, 6.07) is 21.8. The fourth-order valence-electron chi connectivity index (χ4n) is 3.51. The van der Waals surface area contributed by atoms with E-state index in [1.807, 2.05) is 30.3 Å². The van der Waals surface area contributed by atoms with Crippen LogP contribution in [0.4, 0.5) is 5.69 Å². The zero-order valence-corrected chi connectivity index (χ0v) is 20.3. The number of fused-ring (bicyclic) bond motifs is 1. The summed E-state index contributed by atoms with van der Waals surface area (Å²) in [6.45, 7) is 1.93. The first-order valence-corrected chi connectivity index (χ1v) is 12.5. The molecule has 4 aromatic rings. The fourth-order valence-corrected chi connectivity index (χ4v) is 4.49. The molecule has 0 aliphatic carbocycles. The number of non-ortho nitro benzene ring substituents is 1. The first-order valence-electron chi connectivity index (χ1n) is 11.1. The molecule has 188 valence electrons. The predicted molar refractivity (Wildman–Crippen MR) is 138 cm³/mol. The summed E-state index contributed by atoms with van der Waals surface area (Å²) < 4.78 is 36.2. The van der Waals surface area contributed by atoms with Crippen molar-refractivity contribution in [3.05, 3.63) is 106 Å². The highest BCUT2D eigenvalue weighted by Crippen LogP contribution is 2.31. The third-order valence-electron chi connectivity index (χ3n) is 5.20. The molecule has 0 saturated carbocycles. The van der Waals surface area contributed by atoms with Gasteiger partial charge in [-0.25, -0.2) is 5.43 Å². The minimum Gasteiger partial charge on any atom is -0.490 e. The van der Waals surface area contributed by atoms with Gasteiger partial charge in [-0.3, -0.25) is 14.9 Å². The molecule has 4 rings (SSSR count). The van der Waals surface area contributed by atoms with Gasteiger partial charge in [-0.1, -0.05) is 42.5 Å². The number of nitro benzene ring substituents is 1. The van der Waals surface area contributed by atoms with Crippen LogP contribution >= 0.6 is 0 Å². The van der Waals surface area contributed by atoms with E-state index in [0.29, 0.717) is 11.1 Å². The minimum atomic E-state index is -4.37. The number of amides is 1. The number of benzene rings is 4. The van der Waals surface area contributed by atoms with Crippen molar-refractivity contribution < 1.29 is 27.1 Å². The standard InChI is InChI=1S/C26H21N3O7S/c1-2-35-25-15-18(17-27-28-26(30)23-12-5-8-19-7-3-4-11-22(19)23)13-14-24(25)36-37(33,34)21-10-6-9-20(16-21)29(31)32/h3-17H,2H2,1H3,(H,28,30)/b27-17-. The molecule has 10 nitrogen and oxygen atoms in total. The summed E-state index contributed by atoms with van der Waals surface area (Å²) in [6.07, 6.45) is 1.38. The van der Waals surface area contributed by atoms with Gasteiger partial charge in [-0.15, -0.1) is 0 Å². The highest BCUT2D eigenvalue weighted by atomic mass is 32.2. The van der Waals surface area contributed by atoms with Crippen molar-refractivity contribution in [2.75, 3.05) is 6.61 Å². The number of ether oxygens (including phenoxy) is 1. The molecular formula is C26H21N3O7S. The van der Waals surface area contributed by atoms with Gasteiger partial charge in [0.2, 0.25) is 0 Å². The second kappa shape index (κ2) is 10.9. The topological polar surface area (TPSA) is 137 Å². The van der Waals surface area contributed by atoms with Crippen LogP contribution in [0.3, 0.4) is 0 Å². The maximum atomic E-state index is 12.7. The Morgan fingerprint density at radius 1 is 1.00 bits per heavy atom. The number of rotatable bonds is 9. The average Bonchev–Trinajstić information content (AvgIpc) is 2.90. The molecule has 0 spiro atoms. The molecule has 0 unspecified atom stereocenters. The molecule has 0 fully saturated rings. The van der Waals surface area contributed by atoms with E-state index in [9.17, 15) is 23.3 Å². The molecule has 1 N–H and O–H groups in total. The van der Waals surface area contributed by atoms with Crippen molar-refractivity contribution in [2.45, 2.75) is 11.8 Å². The second-order valence-corrected chi connectivity index (χ2v) is 9.20. The molecule has 4 aromatic carbocycles. The Labute approximate surface area is 212 Å². The molecule has 0 atom stereocenters. The molecule has 0 aliphatic rings. The van der Waals surface area contributed by atoms with Crippen molar-refractivity contribution in [3.8, 4) is 11.5 Å². The number of nitrogens with one attached hydrogen (secondary N) is 1. The fraction of sp³-hybridized carbons (Fsp3) is 0.0769. The van der Waals surface area contributed by atoms with Gasteiger partial charge in [0.05, 0.1) is 17.7 Å². The Morgan fingerprint density at radius 3 is 2.54 bits per heavy atom. The largest absolute Gasteiger partial charge is 0.490 e. The van der Waals surface area contributed by atoms with Gasteiger partial charge in [0.25, 0.3) is 11.6 Å². The highest BCUT2D eigenvalue weighted by molar-refractivity contribution is 7.87. The Bertz CT molecular complexity index is 1610. The van der Waals surface area contributed by atoms with Gasteiger partial charge in [0.1, 0.15) is 4.90 Å². The van der Waals surface area contributed by atoms with E-state index in [1.165, 1.54) is 42.6 Å². The second-order valence-electron chi connectivity index (χ2n) is 7.66. The van der Waals surface area contributed by atoms with Crippen LogP contribution < -0.4 is 14.3 Å². The number of carbonyl (C=O) groups excluding carboxylic acids is 1. The predicted octanol–water partition coefficient (Wildman–Crippen LogP) is 4.68. The van der Waals surface area contributed by atoms with E-state index in [4.69, 9.17) is 8.92 Å². The molecule has 0 bridgehead atoms. The van der Waals surface area contributed by atoms with Crippen LogP contribution in [0.1, 0.15) is 22.8 Å². The van der Waals surface area contributed by atoms with E-state index in [-0.39, 0.29) is 34.6 Å². The van der Waals surface area contributed by atoms with Crippen LogP contribution in [0, 0.1) is 10.1 Å². The molecular weight excluding hydrogens is 498 g/mol. The maximum absolute atomic E-state index is 12.7. The molecule has 0 aromatic heterocycles. The van der Waals surface area contributed by atoms with E-state index in [1.54, 1.807) is 19.1 Å². The van der Waals surface area contributed by atoms with Crippen molar-refractivity contribution in [1.82, 2.24) is 5.43 Å². The van der Waals surface area contributed by atoms with E-state index >= 15 is 0 Å². The van der Waals surface area contributed by atoms with Crippen LogP contribution in [0.15, 0.2) is 94.9 Å². The smallest absolute Gasteiger partial charge is 0.339 e. The van der Waals surface area contributed by atoms with Gasteiger partial charge in [-0.2, -0.15) is 13.5 Å². The minimum absolute atomic E-state index is 0.106. The number of nitro groups is 1. The van der Waals surface area contributed by atoms with Gasteiger partial charge in [-0.05, 0) is 53.6 Å². The number of hydrazone groups is 1. The van der Waals surface area contributed by atoms with Crippen LogP contribution in [0.25, 0.3) is 10.8 Å². The van der Waals surface area contributed by atoms with E-state index in [2.05, 4.69) is 10.5 Å². The van der Waals surface area contributed by atoms with Crippen LogP contribution in [-0.2, 0) is 10.1 Å². The zero-order chi connectivity index (χ0) is 26.4. The summed E-state index contributed by atoms with van der Waals surface area (Å²) in [5, 5.41) is 16.7. The SMILES string of the molecule is CCOc1cc(/C=N\NC(=O)c2cccc3ccccc23)ccc1OS(=O)(=O)c1cccc([N+](=O)[O-])c1. The Morgan fingerprint density at radius 2 is 1.76 bits per heavy atom. The Balaban J connectivity index is 1.52. The summed E-state index contributed by atoms with van der Waals surface area (Å²) in [5.74, 6) is -0.382. The monoisotopic (exact) mass is 519 g/mol. The number of hydrogen-bond donors (Lipinski definition) is 1. The number of carbonyl (C=O) groups is 1. The quantitative estimate of drug-likeness (QED) is 0.147. The van der Waals surface area contributed by atoms with Gasteiger partial charge in [0.15, 0.2) is 11.5 Å². The van der Waals surface area contributed by atoms with Crippen molar-refractivity contribution in [1.29, 1.82) is 0 Å². The lowest BCUT2D eigenvalue weighted by atomic mass is 10.0. The van der Waals surface area contributed by atoms with Crippen LogP contribution in [0.5, 0.6) is 11.5 Å². The third-order valence-corrected chi connectivity index (χ3v) is 6.43. The molecule has 37 heavy (non-hydrogen) atoms.